The molecule has 6 heteroatoms. The third-order valence-corrected chi connectivity index (χ3v) is 2.93. The lowest BCUT2D eigenvalue weighted by molar-refractivity contribution is -0.145. The fourth-order valence-corrected chi connectivity index (χ4v) is 1.95. The molecule has 1 N–H and O–H groups in total. The second-order valence-corrected chi connectivity index (χ2v) is 5.30. The van der Waals surface area contributed by atoms with E-state index in [1.54, 1.807) is 10.9 Å². The van der Waals surface area contributed by atoms with Crippen LogP contribution in [-0.2, 0) is 27.8 Å². The van der Waals surface area contributed by atoms with Gasteiger partial charge in [0.15, 0.2) is 0 Å². The molecule has 1 heterocycles. The number of rotatable bonds is 7. The smallest absolute Gasteiger partial charge is 0.328 e. The summed E-state index contributed by atoms with van der Waals surface area (Å²) in [5.74, 6) is -0.240. The molecular formula is C14H23N3O3. The topological polar surface area (TPSA) is 73.2 Å². The Labute approximate surface area is 119 Å². The lowest BCUT2D eigenvalue weighted by atomic mass is 10.0. The molecule has 0 radical (unpaired) electrons. The molecule has 1 unspecified atom stereocenters. The van der Waals surface area contributed by atoms with Crippen molar-refractivity contribution in [3.05, 3.63) is 18.0 Å². The Morgan fingerprint density at radius 2 is 2.15 bits per heavy atom. The molecular weight excluding hydrogens is 258 g/mol. The van der Waals surface area contributed by atoms with Gasteiger partial charge in [-0.3, -0.25) is 9.48 Å². The summed E-state index contributed by atoms with van der Waals surface area (Å²) in [5, 5.41) is 6.78. The number of hydrogen-bond donors (Lipinski definition) is 1. The van der Waals surface area contributed by atoms with Crippen LogP contribution in [-0.4, -0.2) is 34.8 Å². The van der Waals surface area contributed by atoms with E-state index in [4.69, 9.17) is 4.74 Å². The van der Waals surface area contributed by atoms with E-state index in [0.29, 0.717) is 25.2 Å². The van der Waals surface area contributed by atoms with Gasteiger partial charge in [0.05, 0.1) is 13.3 Å². The predicted molar refractivity (Wildman–Crippen MR) is 74.9 cm³/mol. The first-order valence-corrected chi connectivity index (χ1v) is 6.77. The molecule has 0 aliphatic carbocycles. The van der Waals surface area contributed by atoms with E-state index in [-0.39, 0.29) is 5.91 Å². The number of carbonyl (C=O) groups excluding carboxylic acids is 2. The Morgan fingerprint density at radius 3 is 2.65 bits per heavy atom. The number of amides is 1. The van der Waals surface area contributed by atoms with Crippen molar-refractivity contribution in [1.29, 1.82) is 0 Å². The second kappa shape index (κ2) is 7.67. The first-order valence-electron chi connectivity index (χ1n) is 6.77. The number of esters is 1. The highest BCUT2D eigenvalue weighted by atomic mass is 16.5. The first-order chi connectivity index (χ1) is 9.42. The van der Waals surface area contributed by atoms with Gasteiger partial charge >= 0.3 is 5.97 Å². The average molecular weight is 281 g/mol. The van der Waals surface area contributed by atoms with Crippen LogP contribution in [0.5, 0.6) is 0 Å². The standard InChI is InChI=1S/C14H23N3O3/c1-10(2)7-12(14(19)20-4)16-13(18)6-5-11-8-15-17(3)9-11/h8-10,12H,5-7H2,1-4H3,(H,16,18). The van der Waals surface area contributed by atoms with Crippen LogP contribution in [0.3, 0.4) is 0 Å². The summed E-state index contributed by atoms with van der Waals surface area (Å²) >= 11 is 0. The van der Waals surface area contributed by atoms with Crippen molar-refractivity contribution in [3.63, 3.8) is 0 Å². The number of hydrogen-bond acceptors (Lipinski definition) is 4. The zero-order valence-electron chi connectivity index (χ0n) is 12.5. The monoisotopic (exact) mass is 281 g/mol. The zero-order valence-corrected chi connectivity index (χ0v) is 12.5. The van der Waals surface area contributed by atoms with Crippen molar-refractivity contribution in [3.8, 4) is 0 Å². The number of carbonyl (C=O) groups is 2. The molecule has 1 rings (SSSR count). The van der Waals surface area contributed by atoms with Gasteiger partial charge in [-0.15, -0.1) is 0 Å². The third-order valence-electron chi connectivity index (χ3n) is 2.93. The van der Waals surface area contributed by atoms with E-state index in [1.165, 1.54) is 7.11 Å². The largest absolute Gasteiger partial charge is 0.467 e. The maximum atomic E-state index is 11.9. The molecule has 0 aromatic carbocycles. The van der Waals surface area contributed by atoms with Gasteiger partial charge in [-0.1, -0.05) is 13.8 Å². The summed E-state index contributed by atoms with van der Waals surface area (Å²) in [6.45, 7) is 4.00. The van der Waals surface area contributed by atoms with E-state index in [0.717, 1.165) is 5.56 Å². The highest BCUT2D eigenvalue weighted by molar-refractivity contribution is 5.84. The Morgan fingerprint density at radius 1 is 1.45 bits per heavy atom. The number of aryl methyl sites for hydroxylation is 2. The molecule has 1 aromatic heterocycles. The Kier molecular flexibility index (Phi) is 6.21. The van der Waals surface area contributed by atoms with Crippen LogP contribution in [0.15, 0.2) is 12.4 Å². The predicted octanol–water partition coefficient (Wildman–Crippen LogP) is 1.06. The van der Waals surface area contributed by atoms with Gasteiger partial charge in [0, 0.05) is 19.7 Å². The molecule has 0 aliphatic rings. The van der Waals surface area contributed by atoms with Crippen LogP contribution < -0.4 is 5.32 Å². The van der Waals surface area contributed by atoms with Gasteiger partial charge in [-0.25, -0.2) is 4.79 Å². The molecule has 0 spiro atoms. The Hall–Kier alpha value is -1.85. The molecule has 112 valence electrons. The fraction of sp³-hybridized carbons (Fsp3) is 0.643. The number of nitrogens with one attached hydrogen (secondary N) is 1. The Balaban J connectivity index is 2.46. The molecule has 1 atom stereocenters. The van der Waals surface area contributed by atoms with E-state index in [2.05, 4.69) is 10.4 Å². The summed E-state index contributed by atoms with van der Waals surface area (Å²) in [6.07, 6.45) is 5.12. The number of ether oxygens (including phenoxy) is 1. The molecule has 0 saturated carbocycles. The summed E-state index contributed by atoms with van der Waals surface area (Å²) in [6, 6.07) is -0.568. The zero-order chi connectivity index (χ0) is 15.1. The summed E-state index contributed by atoms with van der Waals surface area (Å²) in [4.78, 5) is 23.5. The molecule has 1 amide bonds. The normalized spacial score (nSPS) is 12.2. The van der Waals surface area contributed by atoms with Crippen molar-refractivity contribution >= 4 is 11.9 Å². The van der Waals surface area contributed by atoms with Gasteiger partial charge < -0.3 is 10.1 Å². The van der Waals surface area contributed by atoms with Crippen LogP contribution in [0.1, 0.15) is 32.3 Å². The second-order valence-electron chi connectivity index (χ2n) is 5.30. The maximum absolute atomic E-state index is 11.9. The highest BCUT2D eigenvalue weighted by Gasteiger charge is 2.22. The highest BCUT2D eigenvalue weighted by Crippen LogP contribution is 2.07. The van der Waals surface area contributed by atoms with E-state index in [9.17, 15) is 9.59 Å². The third kappa shape index (κ3) is 5.42. The van der Waals surface area contributed by atoms with Gasteiger partial charge in [-0.05, 0) is 24.3 Å². The lowest BCUT2D eigenvalue weighted by Gasteiger charge is -2.18. The molecule has 0 saturated heterocycles. The van der Waals surface area contributed by atoms with Crippen LogP contribution in [0, 0.1) is 5.92 Å². The van der Waals surface area contributed by atoms with Crippen molar-refractivity contribution in [1.82, 2.24) is 15.1 Å². The molecule has 0 bridgehead atoms. The molecule has 0 aliphatic heterocycles. The van der Waals surface area contributed by atoms with Gasteiger partial charge in [0.1, 0.15) is 6.04 Å². The minimum atomic E-state index is -0.568. The quantitative estimate of drug-likeness (QED) is 0.758. The van der Waals surface area contributed by atoms with Crippen molar-refractivity contribution in [2.75, 3.05) is 7.11 Å². The summed E-state index contributed by atoms with van der Waals surface area (Å²) in [5.41, 5.74) is 1.00. The van der Waals surface area contributed by atoms with Crippen molar-refractivity contribution in [2.45, 2.75) is 39.2 Å². The fourth-order valence-electron chi connectivity index (χ4n) is 1.95. The molecule has 0 fully saturated rings. The molecule has 1 aromatic rings. The Bertz CT molecular complexity index is 454. The van der Waals surface area contributed by atoms with Crippen molar-refractivity contribution < 1.29 is 14.3 Å². The summed E-state index contributed by atoms with van der Waals surface area (Å²) in [7, 11) is 3.16. The van der Waals surface area contributed by atoms with Crippen LogP contribution >= 0.6 is 0 Å². The average Bonchev–Trinajstić information content (AvgIpc) is 2.80. The maximum Gasteiger partial charge on any atom is 0.328 e. The van der Waals surface area contributed by atoms with Crippen LogP contribution in [0.25, 0.3) is 0 Å². The minimum absolute atomic E-state index is 0.148. The number of methoxy groups -OCH3 is 1. The van der Waals surface area contributed by atoms with Crippen LogP contribution in [0.2, 0.25) is 0 Å². The van der Waals surface area contributed by atoms with E-state index >= 15 is 0 Å². The number of nitrogens with zero attached hydrogens (tertiary/aromatic N) is 2. The van der Waals surface area contributed by atoms with Gasteiger partial charge in [0.25, 0.3) is 0 Å². The first kappa shape index (κ1) is 16.2. The minimum Gasteiger partial charge on any atom is -0.467 e. The molecule has 20 heavy (non-hydrogen) atoms. The number of aromatic nitrogens is 2. The van der Waals surface area contributed by atoms with Crippen molar-refractivity contribution in [2.24, 2.45) is 13.0 Å². The van der Waals surface area contributed by atoms with E-state index < -0.39 is 12.0 Å². The molecule has 6 nitrogen and oxygen atoms in total. The lowest BCUT2D eigenvalue weighted by Crippen LogP contribution is -2.42. The van der Waals surface area contributed by atoms with Gasteiger partial charge in [0.2, 0.25) is 5.91 Å². The summed E-state index contributed by atoms with van der Waals surface area (Å²) < 4.78 is 6.41. The van der Waals surface area contributed by atoms with Crippen LogP contribution in [0.4, 0.5) is 0 Å². The van der Waals surface area contributed by atoms with Gasteiger partial charge in [-0.2, -0.15) is 5.10 Å². The SMILES string of the molecule is COC(=O)C(CC(C)C)NC(=O)CCc1cnn(C)c1. The van der Waals surface area contributed by atoms with E-state index in [1.807, 2.05) is 27.1 Å².